The topological polar surface area (TPSA) is 63.6 Å². The monoisotopic (exact) mass is 305 g/mol. The van der Waals surface area contributed by atoms with Crippen LogP contribution in [0.2, 0.25) is 0 Å². The van der Waals surface area contributed by atoms with Crippen LogP contribution in [0.3, 0.4) is 0 Å². The molecular formula is C18H19N5. The van der Waals surface area contributed by atoms with Gasteiger partial charge in [0.2, 0.25) is 11.9 Å². The Labute approximate surface area is 135 Å². The molecule has 5 heteroatoms. The number of anilines is 2. The molecule has 1 aromatic carbocycles. The molecule has 23 heavy (non-hydrogen) atoms. The lowest BCUT2D eigenvalue weighted by atomic mass is 9.95. The summed E-state index contributed by atoms with van der Waals surface area (Å²) in [5, 5.41) is 4.25. The molecule has 0 atom stereocenters. The molecule has 116 valence electrons. The molecule has 0 unspecified atom stereocenters. The van der Waals surface area contributed by atoms with Crippen LogP contribution in [0.25, 0.3) is 10.9 Å². The molecule has 2 heterocycles. The summed E-state index contributed by atoms with van der Waals surface area (Å²) >= 11 is 0. The summed E-state index contributed by atoms with van der Waals surface area (Å²) in [6.45, 7) is 4.05. The molecule has 0 amide bonds. The normalized spacial score (nSPS) is 13.8. The molecule has 1 aliphatic rings. The first-order valence-electron chi connectivity index (χ1n) is 8.07. The zero-order valence-electron chi connectivity index (χ0n) is 13.4. The molecule has 0 radical (unpaired) electrons. The Hall–Kier alpha value is -2.56. The Morgan fingerprint density at radius 2 is 1.57 bits per heavy atom. The van der Waals surface area contributed by atoms with Gasteiger partial charge >= 0.3 is 0 Å². The number of aromatic nitrogens is 4. The van der Waals surface area contributed by atoms with Gasteiger partial charge in [-0.05, 0) is 51.2 Å². The smallest absolute Gasteiger partial charge is 0.230 e. The van der Waals surface area contributed by atoms with Crippen LogP contribution in [0.4, 0.5) is 11.9 Å². The number of rotatable bonds is 2. The number of nitrogens with one attached hydrogen (secondary N) is 1. The number of nitrogens with zero attached hydrogens (tertiary/aromatic N) is 4. The third-order valence-electron chi connectivity index (χ3n) is 4.41. The van der Waals surface area contributed by atoms with Crippen molar-refractivity contribution in [3.63, 3.8) is 0 Å². The number of para-hydroxylation sites is 1. The zero-order valence-corrected chi connectivity index (χ0v) is 13.4. The van der Waals surface area contributed by atoms with Gasteiger partial charge in [-0.1, -0.05) is 18.2 Å². The van der Waals surface area contributed by atoms with Crippen molar-refractivity contribution in [1.29, 1.82) is 0 Å². The highest BCUT2D eigenvalue weighted by atomic mass is 15.2. The molecule has 3 aromatic rings. The van der Waals surface area contributed by atoms with Crippen LogP contribution in [0.5, 0.6) is 0 Å². The van der Waals surface area contributed by atoms with Gasteiger partial charge in [0.1, 0.15) is 0 Å². The highest BCUT2D eigenvalue weighted by Gasteiger charge is 2.16. The van der Waals surface area contributed by atoms with Crippen molar-refractivity contribution >= 4 is 22.8 Å². The Balaban J connectivity index is 1.72. The van der Waals surface area contributed by atoms with E-state index in [2.05, 4.69) is 32.2 Å². The van der Waals surface area contributed by atoms with E-state index in [0.29, 0.717) is 11.9 Å². The quantitative estimate of drug-likeness (QED) is 0.783. The van der Waals surface area contributed by atoms with Crippen molar-refractivity contribution in [2.45, 2.75) is 39.5 Å². The third kappa shape index (κ3) is 2.63. The summed E-state index contributed by atoms with van der Waals surface area (Å²) in [7, 11) is 0. The second-order valence-electron chi connectivity index (χ2n) is 6.04. The lowest BCUT2D eigenvalue weighted by Crippen LogP contribution is -2.12. The van der Waals surface area contributed by atoms with Gasteiger partial charge in [-0.2, -0.15) is 0 Å². The van der Waals surface area contributed by atoms with Gasteiger partial charge in [-0.15, -0.1) is 0 Å². The van der Waals surface area contributed by atoms with Crippen molar-refractivity contribution < 1.29 is 0 Å². The lowest BCUT2D eigenvalue weighted by Gasteiger charge is -2.17. The second kappa shape index (κ2) is 5.57. The summed E-state index contributed by atoms with van der Waals surface area (Å²) in [6.07, 6.45) is 4.56. The van der Waals surface area contributed by atoms with Gasteiger partial charge in [0.05, 0.1) is 11.2 Å². The molecule has 0 fully saturated rings. The molecule has 0 saturated carbocycles. The molecule has 0 saturated heterocycles. The van der Waals surface area contributed by atoms with Gasteiger partial charge in [0.25, 0.3) is 0 Å². The van der Waals surface area contributed by atoms with E-state index >= 15 is 0 Å². The third-order valence-corrected chi connectivity index (χ3v) is 4.41. The molecule has 1 N–H and O–H groups in total. The molecule has 0 bridgehead atoms. The zero-order chi connectivity index (χ0) is 15.8. The molecule has 4 rings (SSSR count). The minimum absolute atomic E-state index is 0.552. The predicted molar refractivity (Wildman–Crippen MR) is 91.0 cm³/mol. The Kier molecular flexibility index (Phi) is 3.41. The van der Waals surface area contributed by atoms with Gasteiger partial charge < -0.3 is 0 Å². The van der Waals surface area contributed by atoms with Crippen LogP contribution in [-0.2, 0) is 12.8 Å². The summed E-state index contributed by atoms with van der Waals surface area (Å²) in [5.74, 6) is 1.15. The maximum absolute atomic E-state index is 4.68. The highest BCUT2D eigenvalue weighted by molar-refractivity contribution is 5.81. The van der Waals surface area contributed by atoms with Crippen LogP contribution < -0.4 is 5.32 Å². The first-order chi connectivity index (χ1) is 11.2. The van der Waals surface area contributed by atoms with Crippen molar-refractivity contribution in [3.05, 3.63) is 46.9 Å². The summed E-state index contributed by atoms with van der Waals surface area (Å²) in [6, 6.07) is 8.02. The minimum Gasteiger partial charge on any atom is -0.293 e. The first kappa shape index (κ1) is 14.1. The average Bonchev–Trinajstić information content (AvgIpc) is 2.55. The molecule has 0 spiro atoms. The van der Waals surface area contributed by atoms with Crippen molar-refractivity contribution in [2.24, 2.45) is 0 Å². The van der Waals surface area contributed by atoms with Crippen LogP contribution in [0, 0.1) is 13.8 Å². The predicted octanol–water partition coefficient (Wildman–Crippen LogP) is 3.66. The van der Waals surface area contributed by atoms with Gasteiger partial charge in [0.15, 0.2) is 0 Å². The van der Waals surface area contributed by atoms with Crippen LogP contribution in [-0.4, -0.2) is 19.9 Å². The number of fused-ring (bicyclic) bond motifs is 2. The minimum atomic E-state index is 0.552. The molecule has 5 nitrogen and oxygen atoms in total. The fourth-order valence-corrected chi connectivity index (χ4v) is 3.23. The number of benzene rings is 1. The van der Waals surface area contributed by atoms with E-state index in [1.54, 1.807) is 0 Å². The fourth-order valence-electron chi connectivity index (χ4n) is 3.23. The highest BCUT2D eigenvalue weighted by Crippen LogP contribution is 2.24. The van der Waals surface area contributed by atoms with E-state index in [4.69, 9.17) is 0 Å². The fraction of sp³-hybridized carbons (Fsp3) is 0.333. The Morgan fingerprint density at radius 3 is 2.48 bits per heavy atom. The van der Waals surface area contributed by atoms with Crippen molar-refractivity contribution in [1.82, 2.24) is 19.9 Å². The Bertz CT molecular complexity index is 888. The van der Waals surface area contributed by atoms with Gasteiger partial charge in [0, 0.05) is 16.8 Å². The second-order valence-corrected chi connectivity index (χ2v) is 6.04. The number of hydrogen-bond donors (Lipinski definition) is 1. The first-order valence-corrected chi connectivity index (χ1v) is 8.07. The number of hydrogen-bond acceptors (Lipinski definition) is 5. The SMILES string of the molecule is Cc1nc(Nc2nc(C)c3ccccc3n2)nc2c1CCCC2. The summed E-state index contributed by atoms with van der Waals surface area (Å²) < 4.78 is 0. The van der Waals surface area contributed by atoms with Crippen LogP contribution >= 0.6 is 0 Å². The van der Waals surface area contributed by atoms with Crippen molar-refractivity contribution in [2.75, 3.05) is 5.32 Å². The van der Waals surface area contributed by atoms with Gasteiger partial charge in [-0.25, -0.2) is 19.9 Å². The van der Waals surface area contributed by atoms with Crippen LogP contribution in [0.1, 0.15) is 35.5 Å². The van der Waals surface area contributed by atoms with Gasteiger partial charge in [-0.3, -0.25) is 5.32 Å². The number of aryl methyl sites for hydroxylation is 3. The van der Waals surface area contributed by atoms with E-state index in [-0.39, 0.29) is 0 Å². The average molecular weight is 305 g/mol. The molecule has 2 aromatic heterocycles. The maximum Gasteiger partial charge on any atom is 0.230 e. The standard InChI is InChI=1S/C18H19N5/c1-11-13-7-3-5-9-15(13)21-17(19-11)23-18-20-12(2)14-8-4-6-10-16(14)22-18/h3,5,7,9H,4,6,8,10H2,1-2H3,(H,19,20,21,22,23). The maximum atomic E-state index is 4.68. The van der Waals surface area contributed by atoms with E-state index in [9.17, 15) is 0 Å². The summed E-state index contributed by atoms with van der Waals surface area (Å²) in [4.78, 5) is 18.4. The Morgan fingerprint density at radius 1 is 0.826 bits per heavy atom. The molecular weight excluding hydrogens is 286 g/mol. The molecule has 1 aliphatic carbocycles. The largest absolute Gasteiger partial charge is 0.293 e. The lowest BCUT2D eigenvalue weighted by molar-refractivity contribution is 0.658. The van der Waals surface area contributed by atoms with E-state index in [0.717, 1.165) is 35.1 Å². The van der Waals surface area contributed by atoms with Crippen molar-refractivity contribution in [3.8, 4) is 0 Å². The van der Waals surface area contributed by atoms with E-state index in [1.807, 2.05) is 31.2 Å². The molecule has 0 aliphatic heterocycles. The summed E-state index contributed by atoms with van der Waals surface area (Å²) in [5.41, 5.74) is 5.43. The van der Waals surface area contributed by atoms with E-state index in [1.165, 1.54) is 24.1 Å². The van der Waals surface area contributed by atoms with E-state index < -0.39 is 0 Å². The van der Waals surface area contributed by atoms with Crippen LogP contribution in [0.15, 0.2) is 24.3 Å².